The minimum atomic E-state index is -0.700. The molecule has 6 heteroatoms. The van der Waals surface area contributed by atoms with Gasteiger partial charge >= 0.3 is 0 Å². The van der Waals surface area contributed by atoms with Crippen LogP contribution in [0.2, 0.25) is 0 Å². The Kier molecular flexibility index (Phi) is 4.05. The maximum absolute atomic E-state index is 9.74. The highest BCUT2D eigenvalue weighted by molar-refractivity contribution is 5.67. The minimum Gasteiger partial charge on any atom is -0.479 e. The smallest absolute Gasteiger partial charge is 0.242 e. The first-order chi connectivity index (χ1) is 9.60. The molecule has 20 heavy (non-hydrogen) atoms. The average molecular weight is 274 g/mol. The Balaban J connectivity index is 2.36. The predicted octanol–water partition coefficient (Wildman–Crippen LogP) is 1.39. The SMILES string of the molecule is COc1ncnc(NC(C)(CO)c2ccccc2)c1N. The van der Waals surface area contributed by atoms with Crippen LogP contribution < -0.4 is 15.8 Å². The first kappa shape index (κ1) is 14.1. The van der Waals surface area contributed by atoms with Crippen LogP contribution in [0, 0.1) is 0 Å². The number of methoxy groups -OCH3 is 1. The molecule has 0 saturated heterocycles. The molecular formula is C14H18N4O2. The Labute approximate surface area is 117 Å². The summed E-state index contributed by atoms with van der Waals surface area (Å²) >= 11 is 0. The molecule has 1 unspecified atom stereocenters. The molecule has 0 aliphatic rings. The van der Waals surface area contributed by atoms with Gasteiger partial charge in [-0.3, -0.25) is 0 Å². The van der Waals surface area contributed by atoms with Crippen LogP contribution in [0.15, 0.2) is 36.7 Å². The van der Waals surface area contributed by atoms with Crippen molar-refractivity contribution in [1.29, 1.82) is 0 Å². The Hall–Kier alpha value is -2.34. The maximum atomic E-state index is 9.74. The topological polar surface area (TPSA) is 93.3 Å². The number of nitrogens with zero attached hydrogens (tertiary/aromatic N) is 2. The summed E-state index contributed by atoms with van der Waals surface area (Å²) in [7, 11) is 1.49. The van der Waals surface area contributed by atoms with Crippen molar-refractivity contribution < 1.29 is 9.84 Å². The van der Waals surface area contributed by atoms with Crippen molar-refractivity contribution in [1.82, 2.24) is 9.97 Å². The van der Waals surface area contributed by atoms with Crippen LogP contribution >= 0.6 is 0 Å². The molecule has 2 rings (SSSR count). The molecule has 0 spiro atoms. The summed E-state index contributed by atoms with van der Waals surface area (Å²) in [5, 5.41) is 12.9. The molecule has 4 N–H and O–H groups in total. The highest BCUT2D eigenvalue weighted by Gasteiger charge is 2.27. The van der Waals surface area contributed by atoms with Crippen LogP contribution in [0.4, 0.5) is 11.5 Å². The molecule has 106 valence electrons. The lowest BCUT2D eigenvalue weighted by molar-refractivity contribution is 0.223. The van der Waals surface area contributed by atoms with E-state index in [9.17, 15) is 5.11 Å². The standard InChI is InChI=1S/C14H18N4O2/c1-14(8-19,10-6-4-3-5-7-10)18-12-11(15)13(20-2)17-9-16-12/h3-7,9,19H,8,15H2,1-2H3,(H,16,17,18). The summed E-state index contributed by atoms with van der Waals surface area (Å²) in [4.78, 5) is 8.03. The molecule has 1 atom stereocenters. The number of aliphatic hydroxyl groups excluding tert-OH is 1. The fraction of sp³-hybridized carbons (Fsp3) is 0.286. The van der Waals surface area contributed by atoms with E-state index >= 15 is 0 Å². The van der Waals surface area contributed by atoms with Crippen molar-refractivity contribution in [3.63, 3.8) is 0 Å². The van der Waals surface area contributed by atoms with Gasteiger partial charge < -0.3 is 20.9 Å². The number of rotatable bonds is 5. The van der Waals surface area contributed by atoms with Crippen molar-refractivity contribution in [2.45, 2.75) is 12.5 Å². The molecule has 0 aliphatic heterocycles. The van der Waals surface area contributed by atoms with Crippen molar-refractivity contribution in [2.75, 3.05) is 24.8 Å². The number of hydrogen-bond donors (Lipinski definition) is 3. The zero-order valence-corrected chi connectivity index (χ0v) is 11.5. The fourth-order valence-electron chi connectivity index (χ4n) is 1.91. The highest BCUT2D eigenvalue weighted by atomic mass is 16.5. The fourth-order valence-corrected chi connectivity index (χ4v) is 1.91. The van der Waals surface area contributed by atoms with Gasteiger partial charge in [0.1, 0.15) is 12.0 Å². The number of nitrogens with one attached hydrogen (secondary N) is 1. The Bertz CT molecular complexity index is 577. The van der Waals surface area contributed by atoms with Gasteiger partial charge in [0.25, 0.3) is 0 Å². The molecule has 1 aromatic heterocycles. The lowest BCUT2D eigenvalue weighted by Crippen LogP contribution is -2.36. The van der Waals surface area contributed by atoms with Gasteiger partial charge in [-0.25, -0.2) is 4.98 Å². The number of ether oxygens (including phenoxy) is 1. The summed E-state index contributed by atoms with van der Waals surface area (Å²) in [6, 6.07) is 9.60. The minimum absolute atomic E-state index is 0.108. The molecule has 0 aliphatic carbocycles. The second-order valence-corrected chi connectivity index (χ2v) is 4.63. The molecule has 0 saturated carbocycles. The van der Waals surface area contributed by atoms with E-state index in [1.807, 2.05) is 37.3 Å². The van der Waals surface area contributed by atoms with E-state index in [4.69, 9.17) is 10.5 Å². The van der Waals surface area contributed by atoms with Gasteiger partial charge in [0.05, 0.1) is 19.3 Å². The van der Waals surface area contributed by atoms with E-state index in [1.54, 1.807) is 0 Å². The van der Waals surface area contributed by atoms with Crippen molar-refractivity contribution in [3.8, 4) is 5.88 Å². The van der Waals surface area contributed by atoms with Gasteiger partial charge in [-0.2, -0.15) is 4.98 Å². The van der Waals surface area contributed by atoms with Gasteiger partial charge in [0.2, 0.25) is 5.88 Å². The van der Waals surface area contributed by atoms with Gasteiger partial charge in [-0.15, -0.1) is 0 Å². The van der Waals surface area contributed by atoms with Crippen LogP contribution in [0.5, 0.6) is 5.88 Å². The maximum Gasteiger partial charge on any atom is 0.242 e. The largest absolute Gasteiger partial charge is 0.479 e. The number of nitrogen functional groups attached to an aromatic ring is 1. The van der Waals surface area contributed by atoms with E-state index in [1.165, 1.54) is 13.4 Å². The number of aliphatic hydroxyl groups is 1. The molecular weight excluding hydrogens is 256 g/mol. The van der Waals surface area contributed by atoms with Crippen LogP contribution in [-0.4, -0.2) is 28.8 Å². The molecule has 1 aromatic carbocycles. The van der Waals surface area contributed by atoms with Crippen molar-refractivity contribution in [3.05, 3.63) is 42.2 Å². The zero-order valence-electron chi connectivity index (χ0n) is 11.5. The molecule has 2 aromatic rings. The molecule has 0 amide bonds. The quantitative estimate of drug-likeness (QED) is 0.763. The van der Waals surface area contributed by atoms with E-state index < -0.39 is 5.54 Å². The first-order valence-corrected chi connectivity index (χ1v) is 6.20. The predicted molar refractivity (Wildman–Crippen MR) is 77.5 cm³/mol. The van der Waals surface area contributed by atoms with Crippen molar-refractivity contribution >= 4 is 11.5 Å². The Morgan fingerprint density at radius 2 is 2.00 bits per heavy atom. The summed E-state index contributed by atoms with van der Waals surface area (Å²) < 4.78 is 5.06. The number of benzene rings is 1. The van der Waals surface area contributed by atoms with Crippen LogP contribution in [0.3, 0.4) is 0 Å². The number of nitrogens with two attached hydrogens (primary N) is 1. The molecule has 6 nitrogen and oxygen atoms in total. The third-order valence-electron chi connectivity index (χ3n) is 3.16. The molecule has 0 bridgehead atoms. The Morgan fingerprint density at radius 3 is 2.60 bits per heavy atom. The van der Waals surface area contributed by atoms with Gasteiger partial charge in [-0.05, 0) is 12.5 Å². The number of hydrogen-bond acceptors (Lipinski definition) is 6. The lowest BCUT2D eigenvalue weighted by atomic mass is 9.93. The lowest BCUT2D eigenvalue weighted by Gasteiger charge is -2.30. The van der Waals surface area contributed by atoms with Gasteiger partial charge in [-0.1, -0.05) is 30.3 Å². The van der Waals surface area contributed by atoms with Crippen LogP contribution in [-0.2, 0) is 5.54 Å². The van der Waals surface area contributed by atoms with E-state index in [-0.39, 0.29) is 6.61 Å². The van der Waals surface area contributed by atoms with Crippen LogP contribution in [0.25, 0.3) is 0 Å². The van der Waals surface area contributed by atoms with E-state index in [2.05, 4.69) is 15.3 Å². The molecule has 0 fully saturated rings. The van der Waals surface area contributed by atoms with Crippen molar-refractivity contribution in [2.24, 2.45) is 0 Å². The number of aromatic nitrogens is 2. The first-order valence-electron chi connectivity index (χ1n) is 6.20. The van der Waals surface area contributed by atoms with E-state index in [0.29, 0.717) is 17.4 Å². The molecule has 0 radical (unpaired) electrons. The summed E-state index contributed by atoms with van der Waals surface area (Å²) in [6.07, 6.45) is 1.36. The summed E-state index contributed by atoms with van der Waals surface area (Å²) in [6.45, 7) is 1.76. The second-order valence-electron chi connectivity index (χ2n) is 4.63. The van der Waals surface area contributed by atoms with Gasteiger partial charge in [0.15, 0.2) is 5.82 Å². The Morgan fingerprint density at radius 1 is 1.30 bits per heavy atom. The zero-order chi connectivity index (χ0) is 14.6. The highest BCUT2D eigenvalue weighted by Crippen LogP contribution is 2.30. The average Bonchev–Trinajstić information content (AvgIpc) is 2.50. The monoisotopic (exact) mass is 274 g/mol. The van der Waals surface area contributed by atoms with Gasteiger partial charge in [0, 0.05) is 0 Å². The summed E-state index contributed by atoms with van der Waals surface area (Å²) in [5.74, 6) is 0.730. The normalized spacial score (nSPS) is 13.6. The third kappa shape index (κ3) is 2.65. The second kappa shape index (κ2) is 5.75. The molecule has 1 heterocycles. The van der Waals surface area contributed by atoms with E-state index in [0.717, 1.165) is 5.56 Å². The van der Waals surface area contributed by atoms with Crippen LogP contribution in [0.1, 0.15) is 12.5 Å². The number of anilines is 2. The summed E-state index contributed by atoms with van der Waals surface area (Å²) in [5.41, 5.74) is 6.48. The third-order valence-corrected chi connectivity index (χ3v) is 3.16.